The molecule has 2 aliphatic rings. The van der Waals surface area contributed by atoms with Gasteiger partial charge < -0.3 is 10.6 Å². The Bertz CT molecular complexity index is 542. The first-order valence-corrected chi connectivity index (χ1v) is 7.69. The summed E-state index contributed by atoms with van der Waals surface area (Å²) in [4.78, 5) is 2.29. The average molecular weight is 252 g/mol. The molecule has 0 radical (unpaired) electrons. The van der Waals surface area contributed by atoms with E-state index in [4.69, 9.17) is 5.73 Å². The number of nitrogen functional groups attached to an aromatic ring is 1. The van der Waals surface area contributed by atoms with Crippen LogP contribution in [0, 0.1) is 5.92 Å². The Hall–Kier alpha value is -1.23. The predicted molar refractivity (Wildman–Crippen MR) is 68.9 cm³/mol. The van der Waals surface area contributed by atoms with Crippen molar-refractivity contribution in [1.82, 2.24) is 0 Å². The van der Waals surface area contributed by atoms with Gasteiger partial charge in [0.25, 0.3) is 0 Å². The third-order valence-electron chi connectivity index (χ3n) is 3.55. The van der Waals surface area contributed by atoms with Crippen LogP contribution in [0.3, 0.4) is 0 Å². The van der Waals surface area contributed by atoms with E-state index in [1.165, 1.54) is 11.3 Å². The largest absolute Gasteiger partial charge is 0.399 e. The smallest absolute Gasteiger partial charge is 0.151 e. The molecule has 17 heavy (non-hydrogen) atoms. The summed E-state index contributed by atoms with van der Waals surface area (Å²) in [6.07, 6.45) is 1.01. The maximum absolute atomic E-state index is 11.1. The lowest BCUT2D eigenvalue weighted by molar-refractivity contribution is 0.517. The first kappa shape index (κ1) is 10.9. The summed E-state index contributed by atoms with van der Waals surface area (Å²) in [5, 5.41) is 0. The van der Waals surface area contributed by atoms with Gasteiger partial charge in [-0.15, -0.1) is 0 Å². The molecule has 2 aliphatic heterocycles. The Morgan fingerprint density at radius 2 is 2.12 bits per heavy atom. The zero-order valence-corrected chi connectivity index (χ0v) is 10.4. The van der Waals surface area contributed by atoms with Crippen LogP contribution in [-0.2, 0) is 16.3 Å². The first-order chi connectivity index (χ1) is 8.03. The Kier molecular flexibility index (Phi) is 2.33. The van der Waals surface area contributed by atoms with Crippen molar-refractivity contribution in [3.63, 3.8) is 0 Å². The molecule has 1 fully saturated rings. The molecule has 0 atom stereocenters. The van der Waals surface area contributed by atoms with Crippen LogP contribution in [0.4, 0.5) is 11.4 Å². The second-order valence-electron chi connectivity index (χ2n) is 5.03. The topological polar surface area (TPSA) is 63.4 Å². The summed E-state index contributed by atoms with van der Waals surface area (Å²) in [6.45, 7) is 1.84. The van der Waals surface area contributed by atoms with Crippen molar-refractivity contribution in [1.29, 1.82) is 0 Å². The van der Waals surface area contributed by atoms with E-state index < -0.39 is 9.84 Å². The molecule has 92 valence electrons. The van der Waals surface area contributed by atoms with Crippen LogP contribution in [-0.4, -0.2) is 33.0 Å². The summed E-state index contributed by atoms with van der Waals surface area (Å²) < 4.78 is 22.3. The zero-order valence-electron chi connectivity index (χ0n) is 9.59. The summed E-state index contributed by atoms with van der Waals surface area (Å²) in [7, 11) is -2.70. The number of hydrogen-bond donors (Lipinski definition) is 1. The van der Waals surface area contributed by atoms with Gasteiger partial charge in [-0.2, -0.15) is 0 Å². The Labute approximate surface area is 101 Å². The lowest BCUT2D eigenvalue weighted by Crippen LogP contribution is -2.43. The molecular weight excluding hydrogens is 236 g/mol. The predicted octanol–water partition coefficient (Wildman–Crippen LogP) is 0.676. The molecule has 5 heteroatoms. The second kappa shape index (κ2) is 3.63. The molecule has 1 saturated heterocycles. The van der Waals surface area contributed by atoms with Crippen LogP contribution in [0.5, 0.6) is 0 Å². The van der Waals surface area contributed by atoms with Crippen molar-refractivity contribution in [2.24, 2.45) is 5.92 Å². The van der Waals surface area contributed by atoms with Gasteiger partial charge in [0, 0.05) is 30.4 Å². The molecule has 1 aromatic rings. The zero-order chi connectivity index (χ0) is 12.0. The molecule has 4 nitrogen and oxygen atoms in total. The van der Waals surface area contributed by atoms with Crippen molar-refractivity contribution in [3.05, 3.63) is 23.8 Å². The van der Waals surface area contributed by atoms with E-state index in [-0.39, 0.29) is 0 Å². The van der Waals surface area contributed by atoms with Gasteiger partial charge in [0.1, 0.15) is 0 Å². The molecule has 2 N–H and O–H groups in total. The highest BCUT2D eigenvalue weighted by atomic mass is 32.2. The van der Waals surface area contributed by atoms with Crippen molar-refractivity contribution in [2.45, 2.75) is 6.42 Å². The molecule has 0 aromatic heterocycles. The Morgan fingerprint density at radius 1 is 1.35 bits per heavy atom. The fraction of sp³-hybridized carbons (Fsp3) is 0.500. The number of nitrogens with two attached hydrogens (primary N) is 1. The molecule has 2 heterocycles. The molecule has 0 aliphatic carbocycles. The molecule has 1 aromatic carbocycles. The minimum atomic E-state index is -2.70. The van der Waals surface area contributed by atoms with Gasteiger partial charge in [-0.05, 0) is 30.2 Å². The SMILES string of the molecule is Nc1ccc2c(c1)CCN2CC1CS(=O)(=O)C1. The maximum atomic E-state index is 11.1. The summed E-state index contributed by atoms with van der Waals surface area (Å²) in [5.41, 5.74) is 9.07. The van der Waals surface area contributed by atoms with Crippen LogP contribution < -0.4 is 10.6 Å². The van der Waals surface area contributed by atoms with Crippen LogP contribution >= 0.6 is 0 Å². The van der Waals surface area contributed by atoms with Gasteiger partial charge in [0.05, 0.1) is 11.5 Å². The van der Waals surface area contributed by atoms with E-state index in [9.17, 15) is 8.42 Å². The highest BCUT2D eigenvalue weighted by molar-refractivity contribution is 7.92. The second-order valence-corrected chi connectivity index (χ2v) is 7.18. The van der Waals surface area contributed by atoms with Gasteiger partial charge in [-0.25, -0.2) is 8.42 Å². The average Bonchev–Trinajstić information content (AvgIpc) is 2.58. The van der Waals surface area contributed by atoms with Crippen LogP contribution in [0.1, 0.15) is 5.56 Å². The summed E-state index contributed by atoms with van der Waals surface area (Å²) >= 11 is 0. The minimum Gasteiger partial charge on any atom is -0.399 e. The van der Waals surface area contributed by atoms with Crippen LogP contribution in [0.2, 0.25) is 0 Å². The van der Waals surface area contributed by atoms with E-state index in [0.29, 0.717) is 17.4 Å². The maximum Gasteiger partial charge on any atom is 0.151 e. The fourth-order valence-corrected chi connectivity index (χ4v) is 4.32. The van der Waals surface area contributed by atoms with Gasteiger partial charge >= 0.3 is 0 Å². The van der Waals surface area contributed by atoms with Crippen LogP contribution in [0.25, 0.3) is 0 Å². The molecule has 0 unspecified atom stereocenters. The number of hydrogen-bond acceptors (Lipinski definition) is 4. The van der Waals surface area contributed by atoms with E-state index in [2.05, 4.69) is 4.90 Å². The fourth-order valence-electron chi connectivity index (χ4n) is 2.77. The van der Waals surface area contributed by atoms with Gasteiger partial charge in [-0.1, -0.05) is 0 Å². The lowest BCUT2D eigenvalue weighted by Gasteiger charge is -2.31. The Balaban J connectivity index is 1.72. The Morgan fingerprint density at radius 3 is 2.82 bits per heavy atom. The third-order valence-corrected chi connectivity index (χ3v) is 5.51. The number of benzene rings is 1. The summed E-state index contributed by atoms with van der Waals surface area (Å²) in [6, 6.07) is 5.98. The lowest BCUT2D eigenvalue weighted by atomic mass is 10.1. The highest BCUT2D eigenvalue weighted by Crippen LogP contribution is 2.31. The molecular formula is C12H16N2O2S. The van der Waals surface area contributed by atoms with Crippen molar-refractivity contribution in [3.8, 4) is 0 Å². The number of fused-ring (bicyclic) bond motifs is 1. The standard InChI is InChI=1S/C12H16N2O2S/c13-11-1-2-12-10(5-11)3-4-14(12)6-9-7-17(15,16)8-9/h1-2,5,9H,3-4,6-8,13H2. The molecule has 3 rings (SSSR count). The van der Waals surface area contributed by atoms with E-state index in [0.717, 1.165) is 25.2 Å². The number of anilines is 2. The first-order valence-electron chi connectivity index (χ1n) is 5.87. The van der Waals surface area contributed by atoms with Gasteiger partial charge in [0.2, 0.25) is 0 Å². The van der Waals surface area contributed by atoms with Gasteiger partial charge in [-0.3, -0.25) is 0 Å². The van der Waals surface area contributed by atoms with E-state index in [1.54, 1.807) is 0 Å². The van der Waals surface area contributed by atoms with Crippen molar-refractivity contribution in [2.75, 3.05) is 35.2 Å². The third kappa shape index (κ3) is 1.99. The molecule has 0 amide bonds. The highest BCUT2D eigenvalue weighted by Gasteiger charge is 2.35. The normalized spacial score (nSPS) is 22.2. The minimum absolute atomic E-state index is 0.309. The quantitative estimate of drug-likeness (QED) is 0.786. The van der Waals surface area contributed by atoms with E-state index >= 15 is 0 Å². The van der Waals surface area contributed by atoms with E-state index in [1.807, 2.05) is 18.2 Å². The summed E-state index contributed by atoms with van der Waals surface area (Å²) in [5.74, 6) is 1.02. The van der Waals surface area contributed by atoms with Crippen molar-refractivity contribution >= 4 is 21.2 Å². The molecule has 0 bridgehead atoms. The monoisotopic (exact) mass is 252 g/mol. The molecule has 0 saturated carbocycles. The van der Waals surface area contributed by atoms with Crippen molar-refractivity contribution < 1.29 is 8.42 Å². The molecule has 0 spiro atoms. The number of nitrogens with zero attached hydrogens (tertiary/aromatic N) is 1. The number of sulfone groups is 1. The van der Waals surface area contributed by atoms with Crippen LogP contribution in [0.15, 0.2) is 18.2 Å². The van der Waals surface area contributed by atoms with Gasteiger partial charge in [0.15, 0.2) is 9.84 Å². The number of rotatable bonds is 2.